The second-order valence-corrected chi connectivity index (χ2v) is 27.8. The molecule has 0 aromatic heterocycles. The summed E-state index contributed by atoms with van der Waals surface area (Å²) in [4.78, 5) is 131. The normalized spacial score (nSPS) is 19.2. The zero-order valence-electron chi connectivity index (χ0n) is 58.8. The lowest BCUT2D eigenvalue weighted by atomic mass is 9.86. The van der Waals surface area contributed by atoms with Crippen LogP contribution in [-0.2, 0) is 33.4 Å². The summed E-state index contributed by atoms with van der Waals surface area (Å²) in [6.07, 6.45) is 9.76. The van der Waals surface area contributed by atoms with Crippen LogP contribution in [-0.4, -0.2) is 181 Å². The number of carbonyl (C=O) groups is 9. The molecule has 0 saturated carbocycles. The van der Waals surface area contributed by atoms with Crippen LogP contribution in [0.5, 0.6) is 0 Å². The highest BCUT2D eigenvalue weighted by Crippen LogP contribution is 2.43. The molecule has 24 heteroatoms. The summed E-state index contributed by atoms with van der Waals surface area (Å²) in [5.74, 6) is -1.22. The lowest BCUT2D eigenvalue weighted by Gasteiger charge is -2.45. The molecule has 10 rings (SSSR count). The van der Waals surface area contributed by atoms with E-state index in [9.17, 15) is 43.2 Å². The number of allylic oxidation sites excluding steroid dienone is 2. The third-order valence-electron chi connectivity index (χ3n) is 19.7. The monoisotopic (exact) mass is 1410 g/mol. The predicted octanol–water partition coefficient (Wildman–Crippen LogP) is 11.4. The first-order valence-corrected chi connectivity index (χ1v) is 35.6. The van der Waals surface area contributed by atoms with Crippen molar-refractivity contribution in [1.29, 1.82) is 0 Å². The largest absolute Gasteiger partial charge is 0.453 e. The van der Waals surface area contributed by atoms with Gasteiger partial charge in [0, 0.05) is 99.5 Å². The van der Waals surface area contributed by atoms with Crippen molar-refractivity contribution in [3.8, 4) is 22.3 Å². The van der Waals surface area contributed by atoms with Crippen LogP contribution in [0.2, 0.25) is 0 Å². The molecule has 6 atom stereocenters. The Morgan fingerprint density at radius 2 is 0.940 bits per heavy atom. The van der Waals surface area contributed by atoms with E-state index in [2.05, 4.69) is 57.7 Å². The average molecular weight is 1410 g/mol. The Morgan fingerprint density at radius 3 is 1.33 bits per heavy atom. The molecule has 100 heavy (non-hydrogen) atoms. The number of alkyl carbamates (subject to hydrolysis) is 2. The van der Waals surface area contributed by atoms with Crippen LogP contribution in [0.15, 0.2) is 119 Å². The average Bonchev–Trinajstić information content (AvgIpc) is 1.59. The van der Waals surface area contributed by atoms with Crippen LogP contribution in [0.4, 0.5) is 14.4 Å². The van der Waals surface area contributed by atoms with Crippen molar-refractivity contribution >= 4 is 99.1 Å². The Hall–Kier alpha value is -8.57. The first-order valence-electron chi connectivity index (χ1n) is 34.5. The van der Waals surface area contributed by atoms with E-state index in [1.165, 1.54) is 21.3 Å². The SMILES string of the molecule is CNC(=O)N[C@H](C(=O)N1C(C(=O)CCC(=O)c2ccc(-c3ccc(C4=CN=C([C@@H]5CCCN5C(=O)[C@@H](NC(=O)OC)C(C)C)C4)cc3)cc2)CCC12CCOCC2)C(C)C.COC(=O)N[C@H](C(=O)N1CCC[C@H]1C1=NC=C(c2ccc(-c3ccc(C(=O)CN)cc3)cc2)C1)C(C)C.ClCCl. The minimum Gasteiger partial charge on any atom is -0.453 e. The molecule has 0 radical (unpaired) electrons. The van der Waals surface area contributed by atoms with Crippen molar-refractivity contribution in [3.05, 3.63) is 132 Å². The number of halogens is 2. The van der Waals surface area contributed by atoms with Gasteiger partial charge in [0.25, 0.3) is 0 Å². The number of benzene rings is 4. The van der Waals surface area contributed by atoms with Gasteiger partial charge in [-0.25, -0.2) is 14.4 Å². The minimum absolute atomic E-state index is 0.00266. The molecule has 4 fully saturated rings. The fourth-order valence-electron chi connectivity index (χ4n) is 14.1. The summed E-state index contributed by atoms with van der Waals surface area (Å²) in [5.41, 5.74) is 16.3. The van der Waals surface area contributed by atoms with Crippen LogP contribution in [0.1, 0.15) is 150 Å². The van der Waals surface area contributed by atoms with Crippen molar-refractivity contribution in [2.45, 2.75) is 160 Å². The molecule has 0 bridgehead atoms. The van der Waals surface area contributed by atoms with Crippen LogP contribution in [0.25, 0.3) is 33.4 Å². The summed E-state index contributed by atoms with van der Waals surface area (Å²) in [6.45, 7) is 13.6. The number of nitrogens with zero attached hydrogens (tertiary/aromatic N) is 5. The first-order chi connectivity index (χ1) is 48.0. The van der Waals surface area contributed by atoms with Gasteiger partial charge in [-0.05, 0) is 114 Å². The van der Waals surface area contributed by atoms with E-state index in [4.69, 9.17) is 53.1 Å². The topological polar surface area (TPSA) is 290 Å². The molecule has 6 aliphatic rings. The first kappa shape index (κ1) is 77.2. The molecule has 4 aromatic carbocycles. The molecule has 0 aliphatic carbocycles. The maximum Gasteiger partial charge on any atom is 0.407 e. The molecule has 1 spiro atoms. The highest BCUT2D eigenvalue weighted by atomic mass is 35.5. The van der Waals surface area contributed by atoms with E-state index in [1.54, 1.807) is 29.2 Å². The van der Waals surface area contributed by atoms with Crippen LogP contribution in [0, 0.1) is 17.8 Å². The molecule has 1 unspecified atom stereocenters. The van der Waals surface area contributed by atoms with E-state index < -0.39 is 47.9 Å². The summed E-state index contributed by atoms with van der Waals surface area (Å²) >= 11 is 9.53. The Labute approximate surface area is 596 Å². The lowest BCUT2D eigenvalue weighted by molar-refractivity contribution is -0.149. The number of likely N-dealkylation sites (tertiary alicyclic amines) is 3. The van der Waals surface area contributed by atoms with Crippen molar-refractivity contribution in [2.75, 3.05) is 59.5 Å². The fraction of sp³-hybridized carbons (Fsp3) is 0.487. The number of urea groups is 1. The van der Waals surface area contributed by atoms with E-state index in [-0.39, 0.29) is 89.6 Å². The van der Waals surface area contributed by atoms with Gasteiger partial charge in [-0.2, -0.15) is 0 Å². The van der Waals surface area contributed by atoms with Gasteiger partial charge in [-0.3, -0.25) is 38.8 Å². The van der Waals surface area contributed by atoms with Gasteiger partial charge in [0.15, 0.2) is 17.3 Å². The van der Waals surface area contributed by atoms with Gasteiger partial charge in [0.05, 0.1) is 44.2 Å². The van der Waals surface area contributed by atoms with Crippen molar-refractivity contribution < 1.29 is 57.4 Å². The second-order valence-electron chi connectivity index (χ2n) is 27.0. The van der Waals surface area contributed by atoms with Crippen LogP contribution >= 0.6 is 23.2 Å². The number of hydrogen-bond acceptors (Lipinski definition) is 15. The maximum atomic E-state index is 14.2. The number of amides is 7. The van der Waals surface area contributed by atoms with Gasteiger partial charge in [-0.15, -0.1) is 23.2 Å². The molecule has 6 N–H and O–H groups in total. The van der Waals surface area contributed by atoms with Crippen molar-refractivity contribution in [3.63, 3.8) is 0 Å². The lowest BCUT2D eigenvalue weighted by Crippen LogP contribution is -2.62. The number of aliphatic imine (C=N–C) groups is 2. The molecule has 22 nitrogen and oxygen atoms in total. The van der Waals surface area contributed by atoms with Crippen LogP contribution < -0.4 is 27.0 Å². The number of alkyl halides is 2. The van der Waals surface area contributed by atoms with E-state index >= 15 is 0 Å². The Balaban J connectivity index is 0.000000271. The van der Waals surface area contributed by atoms with E-state index in [0.717, 1.165) is 81.6 Å². The van der Waals surface area contributed by atoms with Crippen molar-refractivity contribution in [2.24, 2.45) is 33.5 Å². The summed E-state index contributed by atoms with van der Waals surface area (Å²) in [7, 11) is 4.08. The number of rotatable bonds is 22. The van der Waals surface area contributed by atoms with Gasteiger partial charge in [-0.1, -0.05) is 139 Å². The number of Topliss-reactive ketones (excluding diaryl/α,β-unsaturated/α-hetero) is 3. The molecule has 536 valence electrons. The number of ketones is 3. The molecule has 4 aromatic rings. The third-order valence-corrected chi connectivity index (χ3v) is 19.7. The van der Waals surface area contributed by atoms with Crippen LogP contribution in [0.3, 0.4) is 0 Å². The molecule has 6 heterocycles. The smallest absolute Gasteiger partial charge is 0.407 e. The minimum atomic E-state index is -0.800. The molecule has 6 aliphatic heterocycles. The number of nitrogens with two attached hydrogens (primary N) is 1. The number of nitrogens with one attached hydrogen (secondary N) is 4. The highest BCUT2D eigenvalue weighted by Gasteiger charge is 2.53. The Morgan fingerprint density at radius 1 is 0.550 bits per heavy atom. The molecule has 7 amide bonds. The fourth-order valence-corrected chi connectivity index (χ4v) is 14.1. The third kappa shape index (κ3) is 18.9. The standard InChI is InChI=1S/C46H60N6O8.C29H34N4O4.CH2Cl2/c1-28(2)40(50-45(58)59-6)42(55)51-23-7-8-36(51)35-26-34(27-48-35)32-11-9-30(10-12-32)31-13-15-33(16-14-31)38(53)17-18-39(54)37-19-20-46(21-24-60-25-22-46)52(37)43(56)41(29(3)4)49-44(57)47-5;1-18(2)27(32-29(36)37-3)28(35)33-14-4-5-25(33)24-15-23(17-31-24)21-8-6-19(7-9-21)20-10-12-22(13-11-20)26(34)16-30;2-1-3/h9-16,27-29,36-37,40-41H,7-8,17-26H2,1-6H3,(H,50,58)(H2,47,49,57);6-13,17-18,25,27H,4-5,14-16,30H2,1-3H3,(H,32,36);1H2/t36-,37?,40-,41-;25-,27-;/m00./s1. The Bertz CT molecular complexity index is 3700. The molecular formula is C76H96Cl2N10O12. The highest BCUT2D eigenvalue weighted by molar-refractivity contribution is 6.40. The number of methoxy groups -OCH3 is 2. The van der Waals surface area contributed by atoms with E-state index in [1.807, 2.05) is 100 Å². The van der Waals surface area contributed by atoms with Gasteiger partial charge < -0.3 is 55.9 Å². The molecule has 4 saturated heterocycles. The maximum absolute atomic E-state index is 14.2. The van der Waals surface area contributed by atoms with E-state index in [0.29, 0.717) is 76.0 Å². The van der Waals surface area contributed by atoms with Gasteiger partial charge >= 0.3 is 18.2 Å². The zero-order valence-corrected chi connectivity index (χ0v) is 60.3. The van der Waals surface area contributed by atoms with Gasteiger partial charge in [0.1, 0.15) is 18.1 Å². The summed E-state index contributed by atoms with van der Waals surface area (Å²) in [6, 6.07) is 27.9. The predicted molar refractivity (Wildman–Crippen MR) is 389 cm³/mol. The summed E-state index contributed by atoms with van der Waals surface area (Å²) in [5, 5.41) is 10.9. The quantitative estimate of drug-likeness (QED) is 0.0362. The summed E-state index contributed by atoms with van der Waals surface area (Å²) < 4.78 is 15.1. The van der Waals surface area contributed by atoms with Gasteiger partial charge in [0.2, 0.25) is 17.7 Å². The zero-order chi connectivity index (χ0) is 72.4. The Kier molecular flexibility index (Phi) is 27.9. The van der Waals surface area contributed by atoms with Crippen molar-refractivity contribution in [1.82, 2.24) is 36.0 Å². The number of hydrogen-bond donors (Lipinski definition) is 5. The molecular weight excluding hydrogens is 1320 g/mol. The number of ether oxygens (including phenoxy) is 3. The number of carbonyl (C=O) groups excluding carboxylic acids is 9. The second kappa shape index (κ2) is 36.2.